The Bertz CT molecular complexity index is 527. The second kappa shape index (κ2) is 5.72. The molecule has 1 aromatic heterocycles. The fraction of sp³-hybridized carbons (Fsp3) is 0.167. The maximum absolute atomic E-state index is 6.24. The summed E-state index contributed by atoms with van der Waals surface area (Å²) in [5.74, 6) is 0. The van der Waals surface area contributed by atoms with Crippen LogP contribution < -0.4 is 5.32 Å². The van der Waals surface area contributed by atoms with E-state index in [0.29, 0.717) is 10.0 Å². The Morgan fingerprint density at radius 3 is 2.59 bits per heavy atom. The summed E-state index contributed by atoms with van der Waals surface area (Å²) < 4.78 is 1.09. The van der Waals surface area contributed by atoms with Crippen molar-refractivity contribution in [1.29, 1.82) is 0 Å². The van der Waals surface area contributed by atoms with E-state index in [0.717, 1.165) is 10.0 Å². The van der Waals surface area contributed by atoms with Crippen LogP contribution in [0.4, 0.5) is 0 Å². The zero-order valence-electron chi connectivity index (χ0n) is 9.01. The minimum atomic E-state index is 0.0779. The van der Waals surface area contributed by atoms with Crippen molar-refractivity contribution in [3.63, 3.8) is 0 Å². The molecule has 1 aromatic carbocycles. The van der Waals surface area contributed by atoms with Crippen LogP contribution in [0.3, 0.4) is 0 Å². The molecular weight excluding hydrogens is 341 g/mol. The van der Waals surface area contributed by atoms with Crippen LogP contribution >= 0.6 is 50.5 Å². The number of hydrogen-bond acceptors (Lipinski definition) is 2. The molecule has 1 nitrogen and oxygen atoms in total. The third-order valence-electron chi connectivity index (χ3n) is 2.47. The van der Waals surface area contributed by atoms with E-state index in [2.05, 4.69) is 21.2 Å². The number of halogens is 3. The molecule has 0 radical (unpaired) electrons. The highest BCUT2D eigenvalue weighted by atomic mass is 79.9. The van der Waals surface area contributed by atoms with E-state index in [1.807, 2.05) is 30.6 Å². The van der Waals surface area contributed by atoms with Gasteiger partial charge >= 0.3 is 0 Å². The first-order valence-electron chi connectivity index (χ1n) is 4.98. The van der Waals surface area contributed by atoms with Gasteiger partial charge in [0.25, 0.3) is 0 Å². The Kier molecular flexibility index (Phi) is 4.50. The first-order chi connectivity index (χ1) is 8.13. The van der Waals surface area contributed by atoms with Crippen molar-refractivity contribution in [2.75, 3.05) is 7.05 Å². The second-order valence-corrected chi connectivity index (χ2v) is 6.17. The Labute approximate surface area is 123 Å². The summed E-state index contributed by atoms with van der Waals surface area (Å²) in [6, 6.07) is 7.69. The normalized spacial score (nSPS) is 12.7. The van der Waals surface area contributed by atoms with Gasteiger partial charge in [0.2, 0.25) is 0 Å². The molecule has 0 bridgehead atoms. The van der Waals surface area contributed by atoms with Crippen molar-refractivity contribution < 1.29 is 0 Å². The highest BCUT2D eigenvalue weighted by Crippen LogP contribution is 2.36. The third kappa shape index (κ3) is 2.85. The zero-order chi connectivity index (χ0) is 12.4. The molecular formula is C12H10BrCl2NS. The lowest BCUT2D eigenvalue weighted by atomic mass is 10.1. The van der Waals surface area contributed by atoms with Crippen molar-refractivity contribution in [1.82, 2.24) is 5.32 Å². The Morgan fingerprint density at radius 1 is 1.29 bits per heavy atom. The Hall–Kier alpha value is -0.0600. The van der Waals surface area contributed by atoms with Gasteiger partial charge in [-0.3, -0.25) is 0 Å². The molecule has 1 atom stereocenters. The molecule has 90 valence electrons. The van der Waals surface area contributed by atoms with E-state index < -0.39 is 0 Å². The van der Waals surface area contributed by atoms with Crippen LogP contribution in [-0.4, -0.2) is 7.05 Å². The fourth-order valence-electron chi connectivity index (χ4n) is 1.67. The molecule has 2 aromatic rings. The van der Waals surface area contributed by atoms with E-state index in [9.17, 15) is 0 Å². The number of hydrogen-bond donors (Lipinski definition) is 1. The van der Waals surface area contributed by atoms with Gasteiger partial charge in [-0.2, -0.15) is 0 Å². The van der Waals surface area contributed by atoms with Gasteiger partial charge in [-0.25, -0.2) is 0 Å². The molecule has 17 heavy (non-hydrogen) atoms. The lowest BCUT2D eigenvalue weighted by molar-refractivity contribution is 0.702. The van der Waals surface area contributed by atoms with E-state index in [4.69, 9.17) is 23.2 Å². The standard InChI is InChI=1S/C12H10BrCl2NS/c1-16-11(12-9(13)4-5-17-12)8-3-2-7(14)6-10(8)15/h2-6,11,16H,1H3. The van der Waals surface area contributed by atoms with Crippen LogP contribution in [0, 0.1) is 0 Å². The molecule has 0 saturated heterocycles. The second-order valence-electron chi connectivity index (χ2n) is 3.52. The molecule has 0 fully saturated rings. The number of rotatable bonds is 3. The number of nitrogens with one attached hydrogen (secondary N) is 1. The zero-order valence-corrected chi connectivity index (χ0v) is 12.9. The van der Waals surface area contributed by atoms with Gasteiger partial charge in [-0.1, -0.05) is 29.3 Å². The minimum Gasteiger partial charge on any atom is -0.309 e. The summed E-state index contributed by atoms with van der Waals surface area (Å²) >= 11 is 17.4. The molecule has 0 spiro atoms. The van der Waals surface area contributed by atoms with Crippen molar-refractivity contribution in [3.05, 3.63) is 54.6 Å². The summed E-state index contributed by atoms with van der Waals surface area (Å²) in [4.78, 5) is 1.21. The van der Waals surface area contributed by atoms with E-state index in [1.165, 1.54) is 4.88 Å². The Morgan fingerprint density at radius 2 is 2.06 bits per heavy atom. The summed E-state index contributed by atoms with van der Waals surface area (Å²) in [5, 5.41) is 6.65. The molecule has 5 heteroatoms. The van der Waals surface area contributed by atoms with Crippen molar-refractivity contribution in [2.24, 2.45) is 0 Å². The van der Waals surface area contributed by atoms with Gasteiger partial charge in [-0.05, 0) is 52.1 Å². The van der Waals surface area contributed by atoms with Crippen molar-refractivity contribution >= 4 is 50.5 Å². The molecule has 2 rings (SSSR count). The van der Waals surface area contributed by atoms with Gasteiger partial charge in [0, 0.05) is 19.4 Å². The van der Waals surface area contributed by atoms with Gasteiger partial charge < -0.3 is 5.32 Å². The summed E-state index contributed by atoms with van der Waals surface area (Å²) in [5.41, 5.74) is 1.03. The maximum atomic E-state index is 6.24. The van der Waals surface area contributed by atoms with Crippen molar-refractivity contribution in [3.8, 4) is 0 Å². The quantitative estimate of drug-likeness (QED) is 0.809. The van der Waals surface area contributed by atoms with Gasteiger partial charge in [0.1, 0.15) is 0 Å². The lowest BCUT2D eigenvalue weighted by Gasteiger charge is -2.17. The van der Waals surface area contributed by atoms with Crippen LogP contribution in [0.1, 0.15) is 16.5 Å². The molecule has 0 aliphatic rings. The molecule has 0 amide bonds. The summed E-state index contributed by atoms with van der Waals surface area (Å²) in [6.07, 6.45) is 0. The van der Waals surface area contributed by atoms with Crippen molar-refractivity contribution in [2.45, 2.75) is 6.04 Å². The Balaban J connectivity index is 2.46. The summed E-state index contributed by atoms with van der Waals surface area (Å²) in [6.45, 7) is 0. The first kappa shape index (κ1) is 13.4. The molecule has 0 aliphatic carbocycles. The molecule has 1 N–H and O–H groups in total. The smallest absolute Gasteiger partial charge is 0.0694 e. The lowest BCUT2D eigenvalue weighted by Crippen LogP contribution is -2.17. The molecule has 1 unspecified atom stereocenters. The number of benzene rings is 1. The van der Waals surface area contributed by atoms with Gasteiger partial charge in [0.05, 0.1) is 6.04 Å². The number of thiophene rings is 1. The van der Waals surface area contributed by atoms with Crippen LogP contribution in [-0.2, 0) is 0 Å². The van der Waals surface area contributed by atoms with Gasteiger partial charge in [-0.15, -0.1) is 11.3 Å². The van der Waals surface area contributed by atoms with E-state index >= 15 is 0 Å². The average molecular weight is 351 g/mol. The predicted octanol–water partition coefficient (Wildman–Crippen LogP) is 5.13. The fourth-order valence-corrected chi connectivity index (χ4v) is 3.92. The van der Waals surface area contributed by atoms with Crippen LogP contribution in [0.15, 0.2) is 34.1 Å². The van der Waals surface area contributed by atoms with Crippen LogP contribution in [0.2, 0.25) is 10.0 Å². The topological polar surface area (TPSA) is 12.0 Å². The van der Waals surface area contributed by atoms with Crippen LogP contribution in [0.25, 0.3) is 0 Å². The molecule has 1 heterocycles. The largest absolute Gasteiger partial charge is 0.309 e. The van der Waals surface area contributed by atoms with Gasteiger partial charge in [0.15, 0.2) is 0 Å². The summed E-state index contributed by atoms with van der Waals surface area (Å²) in [7, 11) is 1.92. The molecule has 0 saturated carbocycles. The maximum Gasteiger partial charge on any atom is 0.0694 e. The first-order valence-corrected chi connectivity index (χ1v) is 7.41. The van der Waals surface area contributed by atoms with Crippen LogP contribution in [0.5, 0.6) is 0 Å². The highest BCUT2D eigenvalue weighted by molar-refractivity contribution is 9.10. The third-order valence-corrected chi connectivity index (χ3v) is 4.97. The average Bonchev–Trinajstić information content (AvgIpc) is 2.69. The van der Waals surface area contributed by atoms with E-state index in [-0.39, 0.29) is 6.04 Å². The highest BCUT2D eigenvalue weighted by Gasteiger charge is 2.18. The molecule has 0 aliphatic heterocycles. The SMILES string of the molecule is CNC(c1ccc(Cl)cc1Cl)c1sccc1Br. The van der Waals surface area contributed by atoms with E-state index in [1.54, 1.807) is 17.4 Å². The monoisotopic (exact) mass is 349 g/mol. The predicted molar refractivity (Wildman–Crippen MR) is 79.4 cm³/mol. The minimum absolute atomic E-state index is 0.0779.